The highest BCUT2D eigenvalue weighted by Crippen LogP contribution is 2.30. The van der Waals surface area contributed by atoms with Crippen LogP contribution in [0.4, 0.5) is 11.6 Å². The summed E-state index contributed by atoms with van der Waals surface area (Å²) in [5.41, 5.74) is 3.08. The normalized spacial score (nSPS) is 13.8. The number of phenolic OH excluding ortho intramolecular Hbond substituents is 1. The lowest BCUT2D eigenvalue weighted by atomic mass is 10.1. The lowest BCUT2D eigenvalue weighted by Gasteiger charge is -2.30. The van der Waals surface area contributed by atoms with E-state index < -0.39 is 0 Å². The Balaban J connectivity index is 1.53. The summed E-state index contributed by atoms with van der Waals surface area (Å²) in [5, 5.41) is 9.87. The first-order valence-corrected chi connectivity index (χ1v) is 10.1. The van der Waals surface area contributed by atoms with Gasteiger partial charge in [-0.2, -0.15) is 0 Å². The number of carbonyl (C=O) groups excluding carboxylic acids is 1. The smallest absolute Gasteiger partial charge is 0.233 e. The van der Waals surface area contributed by atoms with E-state index in [2.05, 4.69) is 38.7 Å². The molecule has 6 nitrogen and oxygen atoms in total. The van der Waals surface area contributed by atoms with Crippen molar-refractivity contribution >= 4 is 17.5 Å². The molecule has 0 atom stereocenters. The van der Waals surface area contributed by atoms with Crippen molar-refractivity contribution in [3.05, 3.63) is 72.1 Å². The van der Waals surface area contributed by atoms with Crippen molar-refractivity contribution in [1.82, 2.24) is 14.5 Å². The van der Waals surface area contributed by atoms with Crippen LogP contribution in [-0.4, -0.2) is 38.6 Å². The fraction of sp³-hybridized carbons (Fsp3) is 0.304. The zero-order valence-electron chi connectivity index (χ0n) is 16.7. The van der Waals surface area contributed by atoms with Crippen molar-refractivity contribution in [2.45, 2.75) is 32.9 Å². The summed E-state index contributed by atoms with van der Waals surface area (Å²) in [4.78, 5) is 21.3. The topological polar surface area (TPSA) is 61.6 Å². The Kier molecular flexibility index (Phi) is 5.62. The second kappa shape index (κ2) is 8.49. The maximum absolute atomic E-state index is 12.7. The third kappa shape index (κ3) is 4.17. The molecule has 0 unspecified atom stereocenters. The van der Waals surface area contributed by atoms with Crippen LogP contribution in [0.1, 0.15) is 24.6 Å². The monoisotopic (exact) mass is 390 g/mol. The molecule has 0 saturated carbocycles. The molecule has 0 aliphatic carbocycles. The number of anilines is 2. The van der Waals surface area contributed by atoms with Crippen molar-refractivity contribution in [3.63, 3.8) is 0 Å². The molecule has 0 fully saturated rings. The van der Waals surface area contributed by atoms with Crippen LogP contribution in [0.15, 0.2) is 60.8 Å². The summed E-state index contributed by atoms with van der Waals surface area (Å²) in [6.07, 6.45) is 3.25. The quantitative estimate of drug-likeness (QED) is 0.697. The molecule has 0 bridgehead atoms. The van der Waals surface area contributed by atoms with Gasteiger partial charge in [-0.05, 0) is 24.1 Å². The molecule has 29 heavy (non-hydrogen) atoms. The third-order valence-electron chi connectivity index (χ3n) is 5.34. The third-order valence-corrected chi connectivity index (χ3v) is 5.34. The zero-order valence-corrected chi connectivity index (χ0v) is 16.7. The van der Waals surface area contributed by atoms with Crippen molar-refractivity contribution in [2.75, 3.05) is 18.0 Å². The lowest BCUT2D eigenvalue weighted by Crippen LogP contribution is -2.36. The summed E-state index contributed by atoms with van der Waals surface area (Å²) in [6.45, 7) is 5.34. The number of imidazole rings is 1. The number of benzene rings is 2. The van der Waals surface area contributed by atoms with Gasteiger partial charge in [-0.15, -0.1) is 0 Å². The number of hydrogen-bond donors (Lipinski definition) is 1. The van der Waals surface area contributed by atoms with Crippen LogP contribution in [0.3, 0.4) is 0 Å². The van der Waals surface area contributed by atoms with Gasteiger partial charge in [0.15, 0.2) is 0 Å². The minimum Gasteiger partial charge on any atom is -0.508 e. The fourth-order valence-electron chi connectivity index (χ4n) is 3.78. The number of hydrogen-bond acceptors (Lipinski definition) is 4. The van der Waals surface area contributed by atoms with Gasteiger partial charge in [0.2, 0.25) is 11.9 Å². The highest BCUT2D eigenvalue weighted by Gasteiger charge is 2.26. The Morgan fingerprint density at radius 2 is 1.97 bits per heavy atom. The molecular formula is C23H26N4O2. The zero-order chi connectivity index (χ0) is 20.2. The molecule has 2 aromatic carbocycles. The number of carbonyl (C=O) groups is 1. The molecule has 0 radical (unpaired) electrons. The summed E-state index contributed by atoms with van der Waals surface area (Å²) in [7, 11) is 0. The number of aromatic hydroxyl groups is 1. The summed E-state index contributed by atoms with van der Waals surface area (Å²) >= 11 is 0. The highest BCUT2D eigenvalue weighted by atomic mass is 16.3. The largest absolute Gasteiger partial charge is 0.508 e. The van der Waals surface area contributed by atoms with Crippen molar-refractivity contribution in [1.29, 1.82) is 0 Å². The van der Waals surface area contributed by atoms with Crippen LogP contribution in [0.25, 0.3) is 0 Å². The predicted octanol–water partition coefficient (Wildman–Crippen LogP) is 3.72. The minimum atomic E-state index is -0.0458. The van der Waals surface area contributed by atoms with E-state index in [0.717, 1.165) is 38.3 Å². The molecule has 1 aliphatic rings. The maximum atomic E-state index is 12.7. The van der Waals surface area contributed by atoms with E-state index in [1.807, 2.05) is 25.3 Å². The van der Waals surface area contributed by atoms with Crippen molar-refractivity contribution in [2.24, 2.45) is 0 Å². The van der Waals surface area contributed by atoms with Gasteiger partial charge in [0.05, 0.1) is 17.6 Å². The van der Waals surface area contributed by atoms with Crippen LogP contribution < -0.4 is 4.90 Å². The molecule has 1 aliphatic heterocycles. The Morgan fingerprint density at radius 1 is 1.14 bits per heavy atom. The van der Waals surface area contributed by atoms with Crippen molar-refractivity contribution in [3.8, 4) is 5.75 Å². The molecule has 1 N–H and O–H groups in total. The van der Waals surface area contributed by atoms with Gasteiger partial charge in [0.1, 0.15) is 5.75 Å². The van der Waals surface area contributed by atoms with Gasteiger partial charge >= 0.3 is 0 Å². The number of aromatic nitrogens is 2. The lowest BCUT2D eigenvalue weighted by molar-refractivity contribution is -0.117. The van der Waals surface area contributed by atoms with Crippen LogP contribution in [-0.2, 0) is 24.3 Å². The second-order valence-corrected chi connectivity index (χ2v) is 7.32. The molecule has 150 valence electrons. The first-order chi connectivity index (χ1) is 14.2. The predicted molar refractivity (Wildman–Crippen MR) is 113 cm³/mol. The van der Waals surface area contributed by atoms with E-state index in [9.17, 15) is 9.90 Å². The van der Waals surface area contributed by atoms with E-state index >= 15 is 0 Å². The van der Waals surface area contributed by atoms with Crippen LogP contribution in [0.5, 0.6) is 5.75 Å². The average molecular weight is 390 g/mol. The number of nitrogens with zero attached hydrogens (tertiary/aromatic N) is 4. The summed E-state index contributed by atoms with van der Waals surface area (Å²) < 4.78 is 2.12. The van der Waals surface area contributed by atoms with E-state index in [1.54, 1.807) is 23.1 Å². The number of rotatable bonds is 6. The summed E-state index contributed by atoms with van der Waals surface area (Å²) in [6, 6.07) is 17.3. The molecule has 0 saturated heterocycles. The molecule has 1 amide bonds. The first kappa shape index (κ1) is 19.2. The van der Waals surface area contributed by atoms with Gasteiger partial charge in [-0.25, -0.2) is 9.88 Å². The van der Waals surface area contributed by atoms with E-state index in [4.69, 9.17) is 0 Å². The van der Waals surface area contributed by atoms with Gasteiger partial charge < -0.3 is 9.67 Å². The van der Waals surface area contributed by atoms with Gasteiger partial charge in [-0.1, -0.05) is 43.3 Å². The Morgan fingerprint density at radius 3 is 2.72 bits per heavy atom. The van der Waals surface area contributed by atoms with Crippen LogP contribution >= 0.6 is 0 Å². The Hall–Kier alpha value is -3.12. The molecule has 6 heteroatoms. The second-order valence-electron chi connectivity index (χ2n) is 7.32. The Bertz CT molecular complexity index is 984. The molecule has 4 rings (SSSR count). The van der Waals surface area contributed by atoms with Crippen LogP contribution in [0.2, 0.25) is 0 Å². The molecule has 2 heterocycles. The number of fused-ring (bicyclic) bond motifs is 1. The molecule has 1 aromatic heterocycles. The van der Waals surface area contributed by atoms with Crippen LogP contribution in [0, 0.1) is 0 Å². The molecular weight excluding hydrogens is 364 g/mol. The Labute approximate surface area is 171 Å². The highest BCUT2D eigenvalue weighted by molar-refractivity contribution is 5.99. The average Bonchev–Trinajstić information content (AvgIpc) is 3.16. The van der Waals surface area contributed by atoms with Gasteiger partial charge in [-0.3, -0.25) is 9.69 Å². The maximum Gasteiger partial charge on any atom is 0.233 e. The van der Waals surface area contributed by atoms with Gasteiger partial charge in [0.25, 0.3) is 0 Å². The van der Waals surface area contributed by atoms with E-state index in [0.29, 0.717) is 18.1 Å². The fourth-order valence-corrected chi connectivity index (χ4v) is 3.78. The SMILES string of the molecule is CCC(=O)N(c1cccc(O)c1)c1ncc2n1CCN(CCc1ccccc1)C2. The van der Waals surface area contributed by atoms with E-state index in [1.165, 1.54) is 5.56 Å². The first-order valence-electron chi connectivity index (χ1n) is 10.1. The minimum absolute atomic E-state index is 0.0458. The van der Waals surface area contributed by atoms with Crippen molar-refractivity contribution < 1.29 is 9.90 Å². The number of phenols is 1. The molecule has 3 aromatic rings. The molecule has 0 spiro atoms. The standard InChI is InChI=1S/C23H26N4O2/c1-2-22(29)27(19-9-6-10-21(28)15-19)23-24-16-20-17-25(13-14-26(20)23)12-11-18-7-4-3-5-8-18/h3-10,15-16,28H,2,11-14,17H2,1H3. The van der Waals surface area contributed by atoms with Gasteiger partial charge in [0, 0.05) is 38.7 Å². The number of amides is 1. The summed E-state index contributed by atoms with van der Waals surface area (Å²) in [5.74, 6) is 0.713. The van der Waals surface area contributed by atoms with E-state index in [-0.39, 0.29) is 11.7 Å².